The van der Waals surface area contributed by atoms with E-state index in [4.69, 9.17) is 11.0 Å². The van der Waals surface area contributed by atoms with Crippen LogP contribution in [0, 0.1) is 24.2 Å². The Balaban J connectivity index is 2.07. The highest BCUT2D eigenvalue weighted by Crippen LogP contribution is 2.26. The number of amides is 1. The zero-order valence-electron chi connectivity index (χ0n) is 10.4. The summed E-state index contributed by atoms with van der Waals surface area (Å²) in [4.78, 5) is 16.1. The SMILES string of the molecule is Cc1ccc(CN2CCC(C#N)CC2C(N)=O)s1. The molecule has 0 radical (unpaired) electrons. The number of primary amides is 1. The van der Waals surface area contributed by atoms with Gasteiger partial charge >= 0.3 is 0 Å². The summed E-state index contributed by atoms with van der Waals surface area (Å²) >= 11 is 1.74. The molecule has 18 heavy (non-hydrogen) atoms. The predicted molar refractivity (Wildman–Crippen MR) is 70.8 cm³/mol. The van der Waals surface area contributed by atoms with E-state index in [1.165, 1.54) is 9.75 Å². The minimum absolute atomic E-state index is 0.0381. The fraction of sp³-hybridized carbons (Fsp3) is 0.538. The summed E-state index contributed by atoms with van der Waals surface area (Å²) < 4.78 is 0. The molecule has 4 nitrogen and oxygen atoms in total. The van der Waals surface area contributed by atoms with Crippen molar-refractivity contribution in [3.63, 3.8) is 0 Å². The van der Waals surface area contributed by atoms with Crippen molar-refractivity contribution in [3.8, 4) is 6.07 Å². The highest BCUT2D eigenvalue weighted by molar-refractivity contribution is 7.11. The lowest BCUT2D eigenvalue weighted by atomic mass is 9.91. The molecule has 1 aromatic rings. The summed E-state index contributed by atoms with van der Waals surface area (Å²) in [6, 6.07) is 6.12. The van der Waals surface area contributed by atoms with E-state index in [0.29, 0.717) is 6.42 Å². The Labute approximate surface area is 111 Å². The van der Waals surface area contributed by atoms with Crippen molar-refractivity contribution >= 4 is 17.2 Å². The fourth-order valence-corrected chi connectivity index (χ4v) is 3.30. The van der Waals surface area contributed by atoms with Gasteiger partial charge in [-0.2, -0.15) is 5.26 Å². The van der Waals surface area contributed by atoms with Crippen LogP contribution in [0.25, 0.3) is 0 Å². The van der Waals surface area contributed by atoms with Crippen molar-refractivity contribution in [1.82, 2.24) is 4.90 Å². The van der Waals surface area contributed by atoms with Crippen LogP contribution in [-0.4, -0.2) is 23.4 Å². The molecule has 1 aliphatic rings. The number of carbonyl (C=O) groups is 1. The van der Waals surface area contributed by atoms with Crippen molar-refractivity contribution in [2.75, 3.05) is 6.54 Å². The first-order chi connectivity index (χ1) is 8.60. The Morgan fingerprint density at radius 3 is 3.00 bits per heavy atom. The van der Waals surface area contributed by atoms with E-state index < -0.39 is 0 Å². The van der Waals surface area contributed by atoms with Gasteiger partial charge in [0.1, 0.15) is 0 Å². The molecule has 2 unspecified atom stereocenters. The number of nitriles is 1. The van der Waals surface area contributed by atoms with Gasteiger partial charge in [-0.25, -0.2) is 0 Å². The van der Waals surface area contributed by atoms with Crippen LogP contribution in [-0.2, 0) is 11.3 Å². The van der Waals surface area contributed by atoms with Gasteiger partial charge in [0.2, 0.25) is 5.91 Å². The molecule has 96 valence electrons. The van der Waals surface area contributed by atoms with E-state index in [1.807, 2.05) is 0 Å². The molecule has 1 fully saturated rings. The quantitative estimate of drug-likeness (QED) is 0.901. The molecule has 0 spiro atoms. The summed E-state index contributed by atoms with van der Waals surface area (Å²) in [5.41, 5.74) is 5.45. The molecule has 0 aliphatic carbocycles. The van der Waals surface area contributed by atoms with Gasteiger partial charge < -0.3 is 5.73 Å². The molecular formula is C13H17N3OS. The Kier molecular flexibility index (Phi) is 4.00. The Morgan fingerprint density at radius 2 is 2.44 bits per heavy atom. The molecule has 5 heteroatoms. The maximum atomic E-state index is 11.5. The largest absolute Gasteiger partial charge is 0.368 e. The van der Waals surface area contributed by atoms with Crippen molar-refractivity contribution in [2.24, 2.45) is 11.7 Å². The van der Waals surface area contributed by atoms with Crippen molar-refractivity contribution in [2.45, 2.75) is 32.4 Å². The number of carbonyl (C=O) groups excluding carboxylic acids is 1. The van der Waals surface area contributed by atoms with Crippen molar-refractivity contribution in [3.05, 3.63) is 21.9 Å². The molecule has 0 saturated carbocycles. The number of piperidine rings is 1. The van der Waals surface area contributed by atoms with Gasteiger partial charge in [-0.1, -0.05) is 0 Å². The maximum absolute atomic E-state index is 11.5. The summed E-state index contributed by atoms with van der Waals surface area (Å²) in [7, 11) is 0. The highest BCUT2D eigenvalue weighted by Gasteiger charge is 2.32. The minimum Gasteiger partial charge on any atom is -0.368 e. The lowest BCUT2D eigenvalue weighted by Gasteiger charge is -2.35. The zero-order chi connectivity index (χ0) is 13.1. The van der Waals surface area contributed by atoms with Gasteiger partial charge in [0.05, 0.1) is 12.1 Å². The standard InChI is InChI=1S/C13H17N3OS/c1-9-2-3-11(18-9)8-16-5-4-10(7-14)6-12(16)13(15)17/h2-3,10,12H,4-6,8H2,1H3,(H2,15,17). The zero-order valence-corrected chi connectivity index (χ0v) is 11.2. The van der Waals surface area contributed by atoms with Gasteiger partial charge in [-0.05, 0) is 31.9 Å². The summed E-state index contributed by atoms with van der Waals surface area (Å²) in [6.45, 7) is 3.59. The molecule has 1 aliphatic heterocycles. The summed E-state index contributed by atoms with van der Waals surface area (Å²) in [5.74, 6) is -0.355. The summed E-state index contributed by atoms with van der Waals surface area (Å²) in [5, 5.41) is 8.95. The number of rotatable bonds is 3. The number of hydrogen-bond donors (Lipinski definition) is 1. The molecule has 1 aromatic heterocycles. The molecule has 2 N–H and O–H groups in total. The number of likely N-dealkylation sites (tertiary alicyclic amines) is 1. The Bertz CT molecular complexity index is 477. The number of nitrogens with two attached hydrogens (primary N) is 1. The van der Waals surface area contributed by atoms with Crippen LogP contribution in [0.3, 0.4) is 0 Å². The van der Waals surface area contributed by atoms with E-state index in [9.17, 15) is 4.79 Å². The second kappa shape index (κ2) is 5.51. The van der Waals surface area contributed by atoms with Crippen LogP contribution in [0.4, 0.5) is 0 Å². The highest BCUT2D eigenvalue weighted by atomic mass is 32.1. The predicted octanol–water partition coefficient (Wildman–Crippen LogP) is 1.65. The van der Waals surface area contributed by atoms with Gasteiger partial charge in [0.25, 0.3) is 0 Å². The molecule has 0 aromatic carbocycles. The molecule has 1 amide bonds. The van der Waals surface area contributed by atoms with Crippen LogP contribution >= 0.6 is 11.3 Å². The number of hydrogen-bond acceptors (Lipinski definition) is 4. The average Bonchev–Trinajstić information content (AvgIpc) is 2.75. The molecular weight excluding hydrogens is 246 g/mol. The van der Waals surface area contributed by atoms with Gasteiger partial charge in [0.15, 0.2) is 0 Å². The van der Waals surface area contributed by atoms with E-state index >= 15 is 0 Å². The molecule has 2 atom stereocenters. The maximum Gasteiger partial charge on any atom is 0.234 e. The van der Waals surface area contributed by atoms with E-state index in [2.05, 4.69) is 30.0 Å². The molecule has 0 bridgehead atoms. The normalized spacial score (nSPS) is 24.7. The third kappa shape index (κ3) is 2.89. The second-order valence-corrected chi connectivity index (χ2v) is 6.12. The third-order valence-electron chi connectivity index (χ3n) is 3.38. The number of aryl methyl sites for hydroxylation is 1. The molecule has 2 rings (SSSR count). The lowest BCUT2D eigenvalue weighted by molar-refractivity contribution is -0.125. The van der Waals surface area contributed by atoms with Crippen LogP contribution in [0.2, 0.25) is 0 Å². The van der Waals surface area contributed by atoms with Crippen molar-refractivity contribution in [1.29, 1.82) is 5.26 Å². The van der Waals surface area contributed by atoms with Gasteiger partial charge in [-0.15, -0.1) is 11.3 Å². The first kappa shape index (κ1) is 13.1. The Hall–Kier alpha value is -1.38. The van der Waals surface area contributed by atoms with E-state index in [-0.39, 0.29) is 17.9 Å². The number of thiophene rings is 1. The average molecular weight is 263 g/mol. The van der Waals surface area contributed by atoms with Crippen LogP contribution in [0.1, 0.15) is 22.6 Å². The first-order valence-corrected chi connectivity index (χ1v) is 6.90. The molecule has 2 heterocycles. The monoisotopic (exact) mass is 263 g/mol. The first-order valence-electron chi connectivity index (χ1n) is 6.08. The smallest absolute Gasteiger partial charge is 0.234 e. The van der Waals surface area contributed by atoms with E-state index in [1.54, 1.807) is 11.3 Å². The van der Waals surface area contributed by atoms with Crippen LogP contribution in [0.15, 0.2) is 12.1 Å². The van der Waals surface area contributed by atoms with Crippen molar-refractivity contribution < 1.29 is 4.79 Å². The second-order valence-electron chi connectivity index (χ2n) is 4.75. The topological polar surface area (TPSA) is 70.1 Å². The minimum atomic E-state index is -0.316. The van der Waals surface area contributed by atoms with E-state index in [0.717, 1.165) is 19.5 Å². The Morgan fingerprint density at radius 1 is 1.67 bits per heavy atom. The lowest BCUT2D eigenvalue weighted by Crippen LogP contribution is -2.49. The van der Waals surface area contributed by atoms with Crippen LogP contribution < -0.4 is 5.73 Å². The van der Waals surface area contributed by atoms with Gasteiger partial charge in [0, 0.05) is 28.8 Å². The van der Waals surface area contributed by atoms with Gasteiger partial charge in [-0.3, -0.25) is 9.69 Å². The number of nitrogens with zero attached hydrogens (tertiary/aromatic N) is 2. The fourth-order valence-electron chi connectivity index (χ4n) is 2.39. The van der Waals surface area contributed by atoms with Crippen LogP contribution in [0.5, 0.6) is 0 Å². The molecule has 1 saturated heterocycles. The summed E-state index contributed by atoms with van der Waals surface area (Å²) in [6.07, 6.45) is 1.39. The third-order valence-corrected chi connectivity index (χ3v) is 4.36.